The van der Waals surface area contributed by atoms with E-state index >= 15 is 0 Å². The van der Waals surface area contributed by atoms with Crippen LogP contribution in [0.5, 0.6) is 0 Å². The Morgan fingerprint density at radius 2 is 1.91 bits per heavy atom. The molecule has 1 saturated carbocycles. The van der Waals surface area contributed by atoms with Gasteiger partial charge in [0.25, 0.3) is 0 Å². The monoisotopic (exact) mass is 299 g/mol. The van der Waals surface area contributed by atoms with Crippen molar-refractivity contribution >= 4 is 11.7 Å². The van der Waals surface area contributed by atoms with Gasteiger partial charge in [0.1, 0.15) is 12.4 Å². The molecule has 0 saturated heterocycles. The summed E-state index contributed by atoms with van der Waals surface area (Å²) >= 11 is 0. The van der Waals surface area contributed by atoms with E-state index in [9.17, 15) is 4.79 Å². The van der Waals surface area contributed by atoms with E-state index in [1.807, 2.05) is 0 Å². The van der Waals surface area contributed by atoms with E-state index in [2.05, 4.69) is 39.0 Å². The van der Waals surface area contributed by atoms with Crippen LogP contribution in [0.4, 0.5) is 0 Å². The van der Waals surface area contributed by atoms with E-state index in [0.29, 0.717) is 12.5 Å². The summed E-state index contributed by atoms with van der Waals surface area (Å²) < 4.78 is 5.90. The van der Waals surface area contributed by atoms with E-state index in [-0.39, 0.29) is 16.7 Å². The maximum atomic E-state index is 12.5. The predicted molar refractivity (Wildman–Crippen MR) is 88.6 cm³/mol. The zero-order valence-corrected chi connectivity index (χ0v) is 14.0. The molecular weight excluding hydrogens is 274 g/mol. The molecule has 2 aliphatic rings. The van der Waals surface area contributed by atoms with Gasteiger partial charge in [-0.25, -0.2) is 4.99 Å². The first kappa shape index (κ1) is 15.3. The molecule has 118 valence electrons. The number of aliphatic imine (C=N–C) groups is 1. The number of rotatable bonds is 3. The average Bonchev–Trinajstić information content (AvgIpc) is 3.05. The summed E-state index contributed by atoms with van der Waals surface area (Å²) in [5, 5.41) is 0. The topological polar surface area (TPSA) is 38.7 Å². The SMILES string of the molecule is CC(=O)C1(c2cccc(C)c2C2=NC(C)(C)CO2)CCCC1. The Labute approximate surface area is 132 Å². The lowest BCUT2D eigenvalue weighted by molar-refractivity contribution is -0.122. The Balaban J connectivity index is 2.18. The number of carbonyl (C=O) groups excluding carboxylic acids is 1. The van der Waals surface area contributed by atoms with E-state index in [1.165, 1.54) is 0 Å². The van der Waals surface area contributed by atoms with Crippen molar-refractivity contribution in [3.63, 3.8) is 0 Å². The normalized spacial score (nSPS) is 22.3. The van der Waals surface area contributed by atoms with Crippen molar-refractivity contribution in [2.75, 3.05) is 6.61 Å². The fourth-order valence-electron chi connectivity index (χ4n) is 3.85. The van der Waals surface area contributed by atoms with Crippen molar-refractivity contribution in [3.05, 3.63) is 34.9 Å². The molecule has 22 heavy (non-hydrogen) atoms. The highest BCUT2D eigenvalue weighted by atomic mass is 16.5. The Kier molecular flexibility index (Phi) is 3.62. The minimum absolute atomic E-state index is 0.187. The third kappa shape index (κ3) is 2.37. The second kappa shape index (κ2) is 5.22. The highest BCUT2D eigenvalue weighted by Gasteiger charge is 2.43. The summed E-state index contributed by atoms with van der Waals surface area (Å²) in [5.74, 6) is 0.986. The minimum Gasteiger partial charge on any atom is -0.475 e. The summed E-state index contributed by atoms with van der Waals surface area (Å²) in [6.07, 6.45) is 4.11. The smallest absolute Gasteiger partial charge is 0.217 e. The van der Waals surface area contributed by atoms with Crippen LogP contribution < -0.4 is 0 Å². The predicted octanol–water partition coefficient (Wildman–Crippen LogP) is 3.95. The van der Waals surface area contributed by atoms with Gasteiger partial charge < -0.3 is 4.74 Å². The van der Waals surface area contributed by atoms with Crippen LogP contribution in [0, 0.1) is 6.92 Å². The van der Waals surface area contributed by atoms with Gasteiger partial charge in [0, 0.05) is 5.56 Å². The highest BCUT2D eigenvalue weighted by Crippen LogP contribution is 2.44. The van der Waals surface area contributed by atoms with Gasteiger partial charge in [-0.3, -0.25) is 4.79 Å². The first-order valence-electron chi connectivity index (χ1n) is 8.20. The van der Waals surface area contributed by atoms with Crippen molar-refractivity contribution in [1.29, 1.82) is 0 Å². The number of benzene rings is 1. The number of nitrogens with zero attached hydrogens (tertiary/aromatic N) is 1. The summed E-state index contributed by atoms with van der Waals surface area (Å²) in [5.41, 5.74) is 2.77. The van der Waals surface area contributed by atoms with Crippen molar-refractivity contribution in [2.24, 2.45) is 4.99 Å². The molecule has 3 nitrogen and oxygen atoms in total. The third-order valence-corrected chi connectivity index (χ3v) is 5.10. The molecule has 0 N–H and O–H groups in total. The van der Waals surface area contributed by atoms with Gasteiger partial charge in [0.2, 0.25) is 5.90 Å². The van der Waals surface area contributed by atoms with Gasteiger partial charge in [-0.1, -0.05) is 31.0 Å². The van der Waals surface area contributed by atoms with Crippen molar-refractivity contribution in [1.82, 2.24) is 0 Å². The van der Waals surface area contributed by atoms with Gasteiger partial charge >= 0.3 is 0 Å². The zero-order valence-electron chi connectivity index (χ0n) is 14.0. The number of carbonyl (C=O) groups is 1. The van der Waals surface area contributed by atoms with Crippen LogP contribution in [0.15, 0.2) is 23.2 Å². The molecule has 3 rings (SSSR count). The Morgan fingerprint density at radius 1 is 1.23 bits per heavy atom. The fourth-order valence-corrected chi connectivity index (χ4v) is 3.85. The van der Waals surface area contributed by atoms with E-state index in [1.54, 1.807) is 6.92 Å². The largest absolute Gasteiger partial charge is 0.475 e. The molecule has 0 bridgehead atoms. The molecule has 1 aliphatic heterocycles. The molecule has 0 aromatic heterocycles. The Bertz CT molecular complexity index is 637. The Hall–Kier alpha value is -1.64. The van der Waals surface area contributed by atoms with Crippen molar-refractivity contribution in [3.8, 4) is 0 Å². The average molecular weight is 299 g/mol. The first-order valence-corrected chi connectivity index (χ1v) is 8.20. The highest BCUT2D eigenvalue weighted by molar-refractivity contribution is 6.01. The minimum atomic E-state index is -0.347. The maximum absolute atomic E-state index is 12.5. The van der Waals surface area contributed by atoms with Crippen LogP contribution in [0.2, 0.25) is 0 Å². The summed E-state index contributed by atoms with van der Waals surface area (Å²) in [6.45, 7) is 8.57. The first-order chi connectivity index (χ1) is 10.4. The van der Waals surface area contributed by atoms with Gasteiger partial charge in [-0.05, 0) is 51.7 Å². The number of hydrogen-bond donors (Lipinski definition) is 0. The number of ketones is 1. The van der Waals surface area contributed by atoms with Crippen LogP contribution in [-0.2, 0) is 14.9 Å². The van der Waals surface area contributed by atoms with E-state index in [4.69, 9.17) is 9.73 Å². The van der Waals surface area contributed by atoms with Gasteiger partial charge in [0.15, 0.2) is 0 Å². The van der Waals surface area contributed by atoms with Crippen LogP contribution in [-0.4, -0.2) is 23.8 Å². The fraction of sp³-hybridized carbons (Fsp3) is 0.579. The molecule has 0 spiro atoms. The molecule has 1 aliphatic carbocycles. The standard InChI is InChI=1S/C19H25NO2/c1-13-8-7-9-15(19(14(2)21)10-5-6-11-19)16(13)17-20-18(3,4)12-22-17/h7-9H,5-6,10-12H2,1-4H3. The maximum Gasteiger partial charge on any atom is 0.217 e. The van der Waals surface area contributed by atoms with E-state index in [0.717, 1.165) is 42.4 Å². The number of ether oxygens (including phenoxy) is 1. The summed E-state index contributed by atoms with van der Waals surface area (Å²) in [6, 6.07) is 6.24. The van der Waals surface area contributed by atoms with Crippen molar-refractivity contribution < 1.29 is 9.53 Å². The van der Waals surface area contributed by atoms with Gasteiger partial charge in [-0.2, -0.15) is 0 Å². The molecule has 1 aromatic rings. The summed E-state index contributed by atoms with van der Waals surface area (Å²) in [4.78, 5) is 17.3. The molecule has 0 amide bonds. The Morgan fingerprint density at radius 3 is 2.45 bits per heavy atom. The molecular formula is C19H25NO2. The lowest BCUT2D eigenvalue weighted by atomic mass is 9.73. The van der Waals surface area contributed by atoms with Gasteiger partial charge in [-0.15, -0.1) is 0 Å². The van der Waals surface area contributed by atoms with E-state index < -0.39 is 0 Å². The van der Waals surface area contributed by atoms with Crippen LogP contribution in [0.1, 0.15) is 63.1 Å². The lowest BCUT2D eigenvalue weighted by Gasteiger charge is -2.29. The molecule has 1 heterocycles. The molecule has 0 unspecified atom stereocenters. The third-order valence-electron chi connectivity index (χ3n) is 5.10. The van der Waals surface area contributed by atoms with Gasteiger partial charge in [0.05, 0.1) is 11.0 Å². The van der Waals surface area contributed by atoms with Crippen molar-refractivity contribution in [2.45, 2.75) is 64.3 Å². The van der Waals surface area contributed by atoms with Crippen LogP contribution in [0.3, 0.4) is 0 Å². The second-order valence-corrected chi connectivity index (χ2v) is 7.36. The summed E-state index contributed by atoms with van der Waals surface area (Å²) in [7, 11) is 0. The molecule has 3 heteroatoms. The molecule has 1 aromatic carbocycles. The van der Waals surface area contributed by atoms with Crippen LogP contribution in [0.25, 0.3) is 0 Å². The lowest BCUT2D eigenvalue weighted by Crippen LogP contribution is -2.33. The molecule has 0 radical (unpaired) electrons. The second-order valence-electron chi connectivity index (χ2n) is 7.36. The molecule has 0 atom stereocenters. The number of aryl methyl sites for hydroxylation is 1. The molecule has 1 fully saturated rings. The van der Waals surface area contributed by atoms with Crippen LogP contribution >= 0.6 is 0 Å². The number of hydrogen-bond acceptors (Lipinski definition) is 3. The number of Topliss-reactive ketones (excluding diaryl/α,β-unsaturated/α-hetero) is 1. The zero-order chi connectivity index (χ0) is 16.0. The quantitative estimate of drug-likeness (QED) is 0.847.